The zero-order valence-electron chi connectivity index (χ0n) is 8.23. The second-order valence-electron chi connectivity index (χ2n) is 3.21. The summed E-state index contributed by atoms with van der Waals surface area (Å²) < 4.78 is 5.10. The molecule has 1 aromatic rings. The molecule has 0 aliphatic rings. The molecule has 0 aliphatic heterocycles. The van der Waals surface area contributed by atoms with Crippen molar-refractivity contribution in [1.82, 2.24) is 4.90 Å². The fourth-order valence-electron chi connectivity index (χ4n) is 0.997. The SMILES string of the molecule is CN(C)CCCN=Cc1ccco1. The molecule has 0 unspecified atom stereocenters. The Morgan fingerprint density at radius 1 is 1.54 bits per heavy atom. The summed E-state index contributed by atoms with van der Waals surface area (Å²) in [7, 11) is 4.13. The van der Waals surface area contributed by atoms with E-state index < -0.39 is 0 Å². The van der Waals surface area contributed by atoms with Gasteiger partial charge >= 0.3 is 0 Å². The minimum absolute atomic E-state index is 0.824. The van der Waals surface area contributed by atoms with Crippen molar-refractivity contribution in [3.63, 3.8) is 0 Å². The first kappa shape index (κ1) is 9.99. The van der Waals surface area contributed by atoms with E-state index in [1.165, 1.54) is 0 Å². The van der Waals surface area contributed by atoms with Crippen molar-refractivity contribution in [2.45, 2.75) is 6.42 Å². The van der Waals surface area contributed by atoms with E-state index in [2.05, 4.69) is 24.0 Å². The van der Waals surface area contributed by atoms with Crippen LogP contribution in [-0.2, 0) is 0 Å². The molecule has 3 nitrogen and oxygen atoms in total. The van der Waals surface area contributed by atoms with E-state index in [1.807, 2.05) is 12.1 Å². The first-order chi connectivity index (χ1) is 6.29. The van der Waals surface area contributed by atoms with Gasteiger partial charge in [0.2, 0.25) is 0 Å². The van der Waals surface area contributed by atoms with E-state index in [9.17, 15) is 0 Å². The molecular weight excluding hydrogens is 164 g/mol. The summed E-state index contributed by atoms with van der Waals surface area (Å²) in [6.45, 7) is 1.94. The highest BCUT2D eigenvalue weighted by atomic mass is 16.3. The number of furan rings is 1. The Kier molecular flexibility index (Phi) is 4.26. The Bertz CT molecular complexity index is 239. The number of aliphatic imine (C=N–C) groups is 1. The van der Waals surface area contributed by atoms with Crippen LogP contribution in [0.25, 0.3) is 0 Å². The van der Waals surface area contributed by atoms with Gasteiger partial charge in [0.1, 0.15) is 5.76 Å². The van der Waals surface area contributed by atoms with Crippen LogP contribution in [0.15, 0.2) is 27.8 Å². The monoisotopic (exact) mass is 180 g/mol. The summed E-state index contributed by atoms with van der Waals surface area (Å²) in [6, 6.07) is 3.76. The van der Waals surface area contributed by atoms with E-state index in [0.29, 0.717) is 0 Å². The summed E-state index contributed by atoms with van der Waals surface area (Å²) in [5, 5.41) is 0. The van der Waals surface area contributed by atoms with Gasteiger partial charge in [0, 0.05) is 6.54 Å². The van der Waals surface area contributed by atoms with Gasteiger partial charge in [0.25, 0.3) is 0 Å². The standard InChI is InChI=1S/C10H16N2O/c1-12(2)7-4-6-11-9-10-5-3-8-13-10/h3,5,8-9H,4,6-7H2,1-2H3. The van der Waals surface area contributed by atoms with Crippen molar-refractivity contribution in [1.29, 1.82) is 0 Å². The van der Waals surface area contributed by atoms with Gasteiger partial charge in [-0.3, -0.25) is 4.99 Å². The molecule has 1 rings (SSSR count). The van der Waals surface area contributed by atoms with Crippen LogP contribution >= 0.6 is 0 Å². The van der Waals surface area contributed by atoms with E-state index in [0.717, 1.165) is 25.3 Å². The zero-order valence-corrected chi connectivity index (χ0v) is 8.23. The van der Waals surface area contributed by atoms with Gasteiger partial charge in [-0.15, -0.1) is 0 Å². The first-order valence-corrected chi connectivity index (χ1v) is 4.47. The lowest BCUT2D eigenvalue weighted by molar-refractivity contribution is 0.403. The lowest BCUT2D eigenvalue weighted by atomic mass is 10.4. The predicted molar refractivity (Wildman–Crippen MR) is 54.3 cm³/mol. The fourth-order valence-corrected chi connectivity index (χ4v) is 0.997. The van der Waals surface area contributed by atoms with Gasteiger partial charge in [0.05, 0.1) is 12.5 Å². The molecule has 0 saturated heterocycles. The highest BCUT2D eigenvalue weighted by molar-refractivity contribution is 5.75. The van der Waals surface area contributed by atoms with Crippen molar-refractivity contribution >= 4 is 6.21 Å². The largest absolute Gasteiger partial charge is 0.463 e. The first-order valence-electron chi connectivity index (χ1n) is 4.47. The van der Waals surface area contributed by atoms with Gasteiger partial charge in [-0.1, -0.05) is 0 Å². The molecule has 0 atom stereocenters. The molecular formula is C10H16N2O. The molecule has 0 bridgehead atoms. The third kappa shape index (κ3) is 4.48. The maximum Gasteiger partial charge on any atom is 0.144 e. The summed E-state index contributed by atoms with van der Waals surface area (Å²) in [5.41, 5.74) is 0. The highest BCUT2D eigenvalue weighted by Crippen LogP contribution is 1.95. The predicted octanol–water partition coefficient (Wildman–Crippen LogP) is 1.65. The molecule has 0 spiro atoms. The maximum atomic E-state index is 5.10. The van der Waals surface area contributed by atoms with Crippen LogP contribution in [0.2, 0.25) is 0 Å². The number of hydrogen-bond acceptors (Lipinski definition) is 3. The van der Waals surface area contributed by atoms with Crippen LogP contribution in [0.5, 0.6) is 0 Å². The molecule has 0 fully saturated rings. The molecule has 0 aromatic carbocycles. The van der Waals surface area contributed by atoms with E-state index in [1.54, 1.807) is 12.5 Å². The summed E-state index contributed by atoms with van der Waals surface area (Å²) in [4.78, 5) is 6.40. The third-order valence-corrected chi connectivity index (χ3v) is 1.65. The van der Waals surface area contributed by atoms with Crippen molar-refractivity contribution in [2.75, 3.05) is 27.2 Å². The third-order valence-electron chi connectivity index (χ3n) is 1.65. The molecule has 13 heavy (non-hydrogen) atoms. The number of hydrogen-bond donors (Lipinski definition) is 0. The minimum atomic E-state index is 0.824. The van der Waals surface area contributed by atoms with Crippen LogP contribution < -0.4 is 0 Å². The summed E-state index contributed by atoms with van der Waals surface area (Å²) >= 11 is 0. The van der Waals surface area contributed by atoms with Crippen LogP contribution in [-0.4, -0.2) is 38.3 Å². The van der Waals surface area contributed by atoms with Gasteiger partial charge < -0.3 is 9.32 Å². The zero-order chi connectivity index (χ0) is 9.52. The van der Waals surface area contributed by atoms with E-state index in [4.69, 9.17) is 4.42 Å². The van der Waals surface area contributed by atoms with Crippen molar-refractivity contribution in [3.8, 4) is 0 Å². The Morgan fingerprint density at radius 3 is 3.00 bits per heavy atom. The van der Waals surface area contributed by atoms with E-state index >= 15 is 0 Å². The fraction of sp³-hybridized carbons (Fsp3) is 0.500. The second-order valence-corrected chi connectivity index (χ2v) is 3.21. The van der Waals surface area contributed by atoms with Crippen LogP contribution in [0.4, 0.5) is 0 Å². The molecule has 0 aliphatic carbocycles. The van der Waals surface area contributed by atoms with Gasteiger partial charge in [-0.2, -0.15) is 0 Å². The van der Waals surface area contributed by atoms with Crippen molar-refractivity contribution in [2.24, 2.45) is 4.99 Å². The molecule has 0 saturated carbocycles. The molecule has 1 heterocycles. The molecule has 0 amide bonds. The Labute approximate surface area is 79.1 Å². The maximum absolute atomic E-state index is 5.10. The molecule has 1 aromatic heterocycles. The Balaban J connectivity index is 2.12. The van der Waals surface area contributed by atoms with Gasteiger partial charge in [-0.05, 0) is 39.2 Å². The lowest BCUT2D eigenvalue weighted by Crippen LogP contribution is -2.13. The van der Waals surface area contributed by atoms with Crippen LogP contribution in [0.1, 0.15) is 12.2 Å². The lowest BCUT2D eigenvalue weighted by Gasteiger charge is -2.06. The Hall–Kier alpha value is -1.09. The minimum Gasteiger partial charge on any atom is -0.463 e. The second kappa shape index (κ2) is 5.54. The van der Waals surface area contributed by atoms with Gasteiger partial charge in [-0.25, -0.2) is 0 Å². The average molecular weight is 180 g/mol. The van der Waals surface area contributed by atoms with Crippen LogP contribution in [0, 0.1) is 0 Å². The number of rotatable bonds is 5. The summed E-state index contributed by atoms with van der Waals surface area (Å²) in [5.74, 6) is 0.824. The van der Waals surface area contributed by atoms with Crippen LogP contribution in [0.3, 0.4) is 0 Å². The molecule has 72 valence electrons. The average Bonchev–Trinajstić information content (AvgIpc) is 2.55. The van der Waals surface area contributed by atoms with Gasteiger partial charge in [0.15, 0.2) is 0 Å². The Morgan fingerprint density at radius 2 is 2.38 bits per heavy atom. The smallest absolute Gasteiger partial charge is 0.144 e. The highest BCUT2D eigenvalue weighted by Gasteiger charge is 1.89. The summed E-state index contributed by atoms with van der Waals surface area (Å²) in [6.07, 6.45) is 4.51. The number of nitrogens with zero attached hydrogens (tertiary/aromatic N) is 2. The molecule has 0 radical (unpaired) electrons. The normalized spacial score (nSPS) is 11.6. The molecule has 3 heteroatoms. The van der Waals surface area contributed by atoms with Crippen molar-refractivity contribution < 1.29 is 4.42 Å². The quantitative estimate of drug-likeness (QED) is 0.509. The van der Waals surface area contributed by atoms with E-state index in [-0.39, 0.29) is 0 Å². The molecule has 0 N–H and O–H groups in total. The van der Waals surface area contributed by atoms with Crippen molar-refractivity contribution in [3.05, 3.63) is 24.2 Å². The topological polar surface area (TPSA) is 28.7 Å².